The van der Waals surface area contributed by atoms with Crippen LogP contribution in [0.2, 0.25) is 0 Å². The van der Waals surface area contributed by atoms with Gasteiger partial charge in [0.05, 0.1) is 11.5 Å². The van der Waals surface area contributed by atoms with Gasteiger partial charge in [0.1, 0.15) is 0 Å². The number of nitrogen functional groups attached to an aromatic ring is 1. The molecule has 1 aromatic rings. The van der Waals surface area contributed by atoms with Crippen molar-refractivity contribution in [3.8, 4) is 0 Å². The number of nitrogens with two attached hydrogens (primary N) is 1. The normalized spacial score (nSPS) is 17.2. The van der Waals surface area contributed by atoms with Gasteiger partial charge in [0.15, 0.2) is 9.84 Å². The molecule has 1 aliphatic carbocycles. The van der Waals surface area contributed by atoms with Gasteiger partial charge in [-0.2, -0.15) is 0 Å². The summed E-state index contributed by atoms with van der Waals surface area (Å²) in [5.41, 5.74) is 7.12. The molecule has 0 aromatic heterocycles. The largest absolute Gasteiger partial charge is 0.398 e. The number of rotatable bonds is 4. The highest BCUT2D eigenvalue weighted by atomic mass is 79.9. The zero-order chi connectivity index (χ0) is 13.2. The van der Waals surface area contributed by atoms with Gasteiger partial charge in [-0.3, -0.25) is 0 Å². The van der Waals surface area contributed by atoms with E-state index in [1.165, 1.54) is 12.8 Å². The van der Waals surface area contributed by atoms with Gasteiger partial charge >= 0.3 is 0 Å². The first kappa shape index (κ1) is 13.9. The molecular formula is C13H18BrNO2S. The van der Waals surface area contributed by atoms with Gasteiger partial charge in [-0.25, -0.2) is 8.42 Å². The molecule has 0 saturated heterocycles. The Morgan fingerprint density at radius 2 is 1.94 bits per heavy atom. The Kier molecular flexibility index (Phi) is 4.33. The maximum absolute atomic E-state index is 12.1. The number of benzene rings is 1. The summed E-state index contributed by atoms with van der Waals surface area (Å²) in [5.74, 6) is 0.784. The molecular weight excluding hydrogens is 314 g/mol. The van der Waals surface area contributed by atoms with Crippen LogP contribution in [-0.2, 0) is 15.6 Å². The van der Waals surface area contributed by atoms with Crippen molar-refractivity contribution in [3.63, 3.8) is 0 Å². The van der Waals surface area contributed by atoms with E-state index in [1.807, 2.05) is 6.07 Å². The van der Waals surface area contributed by atoms with Crippen molar-refractivity contribution in [1.29, 1.82) is 0 Å². The number of hydrogen-bond donors (Lipinski definition) is 1. The van der Waals surface area contributed by atoms with Crippen molar-refractivity contribution in [3.05, 3.63) is 28.2 Å². The predicted molar refractivity (Wildman–Crippen MR) is 78.0 cm³/mol. The Balaban J connectivity index is 2.04. The Morgan fingerprint density at radius 1 is 1.28 bits per heavy atom. The van der Waals surface area contributed by atoms with Gasteiger partial charge in [-0.1, -0.05) is 18.9 Å². The lowest BCUT2D eigenvalue weighted by Gasteiger charge is -2.10. The smallest absolute Gasteiger partial charge is 0.154 e. The molecule has 0 unspecified atom stereocenters. The Morgan fingerprint density at radius 3 is 2.56 bits per heavy atom. The molecule has 100 valence electrons. The zero-order valence-corrected chi connectivity index (χ0v) is 12.6. The van der Waals surface area contributed by atoms with Crippen molar-refractivity contribution < 1.29 is 8.42 Å². The van der Waals surface area contributed by atoms with E-state index in [0.717, 1.165) is 22.9 Å². The van der Waals surface area contributed by atoms with Crippen molar-refractivity contribution in [1.82, 2.24) is 0 Å². The van der Waals surface area contributed by atoms with Gasteiger partial charge in [0.2, 0.25) is 0 Å². The van der Waals surface area contributed by atoms with Crippen molar-refractivity contribution in [2.45, 2.75) is 31.4 Å². The van der Waals surface area contributed by atoms with E-state index in [2.05, 4.69) is 15.9 Å². The average Bonchev–Trinajstić information content (AvgIpc) is 2.75. The van der Waals surface area contributed by atoms with Crippen LogP contribution in [0.4, 0.5) is 5.69 Å². The summed E-state index contributed by atoms with van der Waals surface area (Å²) in [6.45, 7) is 0. The van der Waals surface area contributed by atoms with Crippen LogP contribution in [0.1, 0.15) is 31.2 Å². The Bertz CT molecular complexity index is 522. The summed E-state index contributed by atoms with van der Waals surface area (Å²) >= 11 is 3.31. The molecule has 0 bridgehead atoms. The molecule has 2 rings (SSSR count). The molecule has 1 aliphatic rings. The lowest BCUT2D eigenvalue weighted by atomic mass is 10.1. The monoisotopic (exact) mass is 331 g/mol. The highest BCUT2D eigenvalue weighted by Gasteiger charge is 2.22. The van der Waals surface area contributed by atoms with Gasteiger partial charge in [0.25, 0.3) is 0 Å². The standard InChI is InChI=1S/C13H18BrNO2S/c14-12-6-5-11(7-13(12)15)9-18(16,17)8-10-3-1-2-4-10/h5-7,10H,1-4,8-9,15H2. The summed E-state index contributed by atoms with van der Waals surface area (Å²) in [6, 6.07) is 5.35. The molecule has 18 heavy (non-hydrogen) atoms. The van der Waals surface area contributed by atoms with Gasteiger partial charge in [-0.05, 0) is 52.4 Å². The van der Waals surface area contributed by atoms with Crippen LogP contribution in [0.3, 0.4) is 0 Å². The molecule has 1 fully saturated rings. The SMILES string of the molecule is Nc1cc(CS(=O)(=O)CC2CCCC2)ccc1Br. The number of halogens is 1. The highest BCUT2D eigenvalue weighted by Crippen LogP contribution is 2.27. The van der Waals surface area contributed by atoms with Crippen LogP contribution in [0.25, 0.3) is 0 Å². The third-order valence-electron chi connectivity index (χ3n) is 3.41. The first-order chi connectivity index (χ1) is 8.46. The van der Waals surface area contributed by atoms with Crippen LogP contribution >= 0.6 is 15.9 Å². The summed E-state index contributed by atoms with van der Waals surface area (Å²) in [6.07, 6.45) is 4.46. The third-order valence-corrected chi connectivity index (χ3v) is 5.89. The molecule has 3 nitrogen and oxygen atoms in total. The lowest BCUT2D eigenvalue weighted by Crippen LogP contribution is -2.15. The van der Waals surface area contributed by atoms with Crippen molar-refractivity contribution in [2.75, 3.05) is 11.5 Å². The minimum atomic E-state index is -3.02. The molecule has 0 atom stereocenters. The summed E-state index contributed by atoms with van der Waals surface area (Å²) in [4.78, 5) is 0. The van der Waals surface area contributed by atoms with Crippen LogP contribution in [0.15, 0.2) is 22.7 Å². The van der Waals surface area contributed by atoms with Crippen molar-refractivity contribution in [2.24, 2.45) is 5.92 Å². The number of sulfone groups is 1. The summed E-state index contributed by atoms with van der Waals surface area (Å²) < 4.78 is 25.0. The van der Waals surface area contributed by atoms with Crippen LogP contribution in [0.5, 0.6) is 0 Å². The minimum Gasteiger partial charge on any atom is -0.398 e. The van der Waals surface area contributed by atoms with E-state index in [-0.39, 0.29) is 5.75 Å². The Labute approximate surface area is 117 Å². The number of hydrogen-bond acceptors (Lipinski definition) is 3. The van der Waals surface area contributed by atoms with E-state index in [4.69, 9.17) is 5.73 Å². The molecule has 5 heteroatoms. The molecule has 0 aliphatic heterocycles. The topological polar surface area (TPSA) is 60.2 Å². The molecule has 1 aromatic carbocycles. The average molecular weight is 332 g/mol. The van der Waals surface area contributed by atoms with E-state index < -0.39 is 9.84 Å². The second kappa shape index (κ2) is 5.61. The van der Waals surface area contributed by atoms with Gasteiger partial charge < -0.3 is 5.73 Å². The van der Waals surface area contributed by atoms with E-state index in [0.29, 0.717) is 17.4 Å². The predicted octanol–water partition coefficient (Wildman–Crippen LogP) is 3.14. The molecule has 0 heterocycles. The second-order valence-corrected chi connectivity index (χ2v) is 8.02. The fourth-order valence-corrected chi connectivity index (χ4v) is 4.64. The first-order valence-corrected chi connectivity index (χ1v) is 8.82. The highest BCUT2D eigenvalue weighted by molar-refractivity contribution is 9.10. The zero-order valence-electron chi connectivity index (χ0n) is 10.2. The van der Waals surface area contributed by atoms with E-state index in [9.17, 15) is 8.42 Å². The molecule has 0 spiro atoms. The number of anilines is 1. The van der Waals surface area contributed by atoms with Crippen molar-refractivity contribution >= 4 is 31.5 Å². The van der Waals surface area contributed by atoms with Gasteiger partial charge in [-0.15, -0.1) is 0 Å². The summed E-state index contributed by atoms with van der Waals surface area (Å²) in [5, 5.41) is 0. The fourth-order valence-electron chi connectivity index (χ4n) is 2.53. The maximum atomic E-state index is 12.1. The molecule has 0 radical (unpaired) electrons. The van der Waals surface area contributed by atoms with Crippen LogP contribution in [-0.4, -0.2) is 14.2 Å². The fraction of sp³-hybridized carbons (Fsp3) is 0.538. The van der Waals surface area contributed by atoms with E-state index in [1.54, 1.807) is 12.1 Å². The lowest BCUT2D eigenvalue weighted by molar-refractivity contribution is 0.558. The minimum absolute atomic E-state index is 0.0982. The molecule has 1 saturated carbocycles. The second-order valence-electron chi connectivity index (χ2n) is 5.06. The maximum Gasteiger partial charge on any atom is 0.154 e. The third kappa shape index (κ3) is 3.72. The van der Waals surface area contributed by atoms with Crippen LogP contribution in [0, 0.1) is 5.92 Å². The molecule has 2 N–H and O–H groups in total. The van der Waals surface area contributed by atoms with Crippen LogP contribution < -0.4 is 5.73 Å². The first-order valence-electron chi connectivity index (χ1n) is 6.20. The Hall–Kier alpha value is -0.550. The van der Waals surface area contributed by atoms with E-state index >= 15 is 0 Å². The quantitative estimate of drug-likeness (QED) is 0.862. The van der Waals surface area contributed by atoms with Gasteiger partial charge in [0, 0.05) is 10.2 Å². The molecule has 0 amide bonds. The summed E-state index contributed by atoms with van der Waals surface area (Å²) in [7, 11) is -3.02.